The number of aliphatic carboxylic acids is 1. The fraction of sp³-hybridized carbons (Fsp3) is 0.778. The molecule has 0 unspecified atom stereocenters. The smallest absolute Gasteiger partial charge is 0.326 e. The number of carbonyl (C=O) groups is 4. The fourth-order valence-corrected chi connectivity index (χ4v) is 2.78. The maximum atomic E-state index is 12.7. The molecule has 0 saturated heterocycles. The van der Waals surface area contributed by atoms with Gasteiger partial charge in [0.2, 0.25) is 17.7 Å². The highest BCUT2D eigenvalue weighted by Crippen LogP contribution is 2.06. The number of carboxylic acid groups (broad SMARTS) is 1. The van der Waals surface area contributed by atoms with Crippen molar-refractivity contribution in [1.82, 2.24) is 16.0 Å². The van der Waals surface area contributed by atoms with Crippen molar-refractivity contribution in [2.24, 2.45) is 17.2 Å². The molecule has 0 aliphatic rings. The molecule has 0 aromatic heterocycles. The molecule has 0 aromatic carbocycles. The number of nitrogens with two attached hydrogens (primary N) is 3. The minimum atomic E-state index is -1.33. The second kappa shape index (κ2) is 16.7. The second-order valence-corrected chi connectivity index (χ2v) is 7.43. The summed E-state index contributed by atoms with van der Waals surface area (Å²) in [6, 6.07) is -4.50. The highest BCUT2D eigenvalue weighted by molar-refractivity contribution is 7.80. The minimum absolute atomic E-state index is 0.0381. The van der Waals surface area contributed by atoms with Crippen LogP contribution in [0.1, 0.15) is 38.5 Å². The predicted octanol–water partition coefficient (Wildman–Crippen LogP) is -2.97. The van der Waals surface area contributed by atoms with E-state index in [0.29, 0.717) is 38.8 Å². The largest absolute Gasteiger partial charge is 0.480 e. The van der Waals surface area contributed by atoms with Crippen molar-refractivity contribution < 1.29 is 29.4 Å². The van der Waals surface area contributed by atoms with Gasteiger partial charge in [0.1, 0.15) is 18.1 Å². The van der Waals surface area contributed by atoms with E-state index in [2.05, 4.69) is 28.6 Å². The number of rotatable bonds is 17. The van der Waals surface area contributed by atoms with Crippen LogP contribution in [-0.4, -0.2) is 83.5 Å². The standard InChI is InChI=1S/C18H36N6O6S/c19-7-3-1-5-12(16(27)23-13(18(29)30)6-2-4-8-20)22-17(28)14(9-25)24-15(26)11(21)10-31/h11-14,25,31H,1-10,19-21H2,(H,22,28)(H,23,27)(H,24,26)(H,29,30)/t11-,12+,13+,14-/m1/s1. The van der Waals surface area contributed by atoms with Crippen molar-refractivity contribution in [2.75, 3.05) is 25.4 Å². The summed E-state index contributed by atoms with van der Waals surface area (Å²) in [4.78, 5) is 48.5. The van der Waals surface area contributed by atoms with E-state index in [0.717, 1.165) is 0 Å². The van der Waals surface area contributed by atoms with Crippen LogP contribution in [0.3, 0.4) is 0 Å². The van der Waals surface area contributed by atoms with E-state index in [1.807, 2.05) is 0 Å². The molecule has 4 atom stereocenters. The van der Waals surface area contributed by atoms with Gasteiger partial charge in [-0.05, 0) is 51.6 Å². The summed E-state index contributed by atoms with van der Waals surface area (Å²) in [5.74, 6) is -3.32. The second-order valence-electron chi connectivity index (χ2n) is 7.06. The summed E-state index contributed by atoms with van der Waals surface area (Å²) in [5, 5.41) is 26.0. The SMILES string of the molecule is NCCCC[C@H](NC(=O)[C@H](CCCCN)NC(=O)[C@@H](CO)NC(=O)[C@H](N)CS)C(=O)O. The first-order chi connectivity index (χ1) is 14.7. The van der Waals surface area contributed by atoms with Crippen LogP contribution in [0.2, 0.25) is 0 Å². The zero-order valence-corrected chi connectivity index (χ0v) is 18.5. The van der Waals surface area contributed by atoms with Crippen LogP contribution in [0.15, 0.2) is 0 Å². The zero-order chi connectivity index (χ0) is 23.8. The quantitative estimate of drug-likeness (QED) is 0.0790. The first kappa shape index (κ1) is 29.1. The van der Waals surface area contributed by atoms with Crippen LogP contribution in [0.4, 0.5) is 0 Å². The van der Waals surface area contributed by atoms with Gasteiger partial charge < -0.3 is 43.4 Å². The van der Waals surface area contributed by atoms with E-state index in [1.165, 1.54) is 0 Å². The van der Waals surface area contributed by atoms with Gasteiger partial charge in [0.15, 0.2) is 0 Å². The predicted molar refractivity (Wildman–Crippen MR) is 118 cm³/mol. The number of aliphatic hydroxyl groups is 1. The average Bonchev–Trinajstić information content (AvgIpc) is 2.74. The summed E-state index contributed by atoms with van der Waals surface area (Å²) >= 11 is 3.90. The van der Waals surface area contributed by atoms with Gasteiger partial charge in [-0.2, -0.15) is 12.6 Å². The Bertz CT molecular complexity index is 582. The van der Waals surface area contributed by atoms with E-state index in [4.69, 9.17) is 17.2 Å². The van der Waals surface area contributed by atoms with Crippen molar-refractivity contribution >= 4 is 36.3 Å². The number of hydrogen-bond donors (Lipinski definition) is 9. The van der Waals surface area contributed by atoms with Gasteiger partial charge in [-0.25, -0.2) is 4.79 Å². The number of carboxylic acids is 1. The topological polar surface area (TPSA) is 223 Å². The van der Waals surface area contributed by atoms with Gasteiger partial charge in [0.05, 0.1) is 12.6 Å². The molecule has 0 aliphatic carbocycles. The lowest BCUT2D eigenvalue weighted by Crippen LogP contribution is -2.58. The maximum Gasteiger partial charge on any atom is 0.326 e. The molecule has 11 N–H and O–H groups in total. The van der Waals surface area contributed by atoms with E-state index in [9.17, 15) is 29.4 Å². The summed E-state index contributed by atoms with van der Waals surface area (Å²) in [5.41, 5.74) is 16.4. The Morgan fingerprint density at radius 2 is 1.23 bits per heavy atom. The molecule has 0 saturated carbocycles. The van der Waals surface area contributed by atoms with Crippen LogP contribution < -0.4 is 33.2 Å². The Balaban J connectivity index is 5.19. The monoisotopic (exact) mass is 464 g/mol. The number of unbranched alkanes of at least 4 members (excludes halogenated alkanes) is 2. The Kier molecular flexibility index (Phi) is 15.7. The van der Waals surface area contributed by atoms with E-state index >= 15 is 0 Å². The molecule has 0 spiro atoms. The Labute approximate surface area is 187 Å². The van der Waals surface area contributed by atoms with Gasteiger partial charge >= 0.3 is 5.97 Å². The van der Waals surface area contributed by atoms with Crippen molar-refractivity contribution in [3.05, 3.63) is 0 Å². The van der Waals surface area contributed by atoms with Crippen molar-refractivity contribution in [3.63, 3.8) is 0 Å². The highest BCUT2D eigenvalue weighted by atomic mass is 32.1. The summed E-state index contributed by atoms with van der Waals surface area (Å²) in [7, 11) is 0. The van der Waals surface area contributed by atoms with Gasteiger partial charge in [0, 0.05) is 5.75 Å². The van der Waals surface area contributed by atoms with Crippen LogP contribution in [-0.2, 0) is 19.2 Å². The van der Waals surface area contributed by atoms with Crippen LogP contribution in [0, 0.1) is 0 Å². The molecule has 0 aliphatic heterocycles. The normalized spacial score (nSPS) is 14.7. The number of hydrogen-bond acceptors (Lipinski definition) is 9. The summed E-state index contributed by atoms with van der Waals surface area (Å²) in [6.07, 6.45) is 2.62. The van der Waals surface area contributed by atoms with Crippen molar-refractivity contribution in [2.45, 2.75) is 62.7 Å². The Morgan fingerprint density at radius 3 is 1.68 bits per heavy atom. The maximum absolute atomic E-state index is 12.7. The van der Waals surface area contributed by atoms with Crippen LogP contribution in [0.5, 0.6) is 0 Å². The molecule has 12 nitrogen and oxygen atoms in total. The molecule has 0 heterocycles. The van der Waals surface area contributed by atoms with E-state index in [-0.39, 0.29) is 18.6 Å². The molecule has 31 heavy (non-hydrogen) atoms. The third kappa shape index (κ3) is 11.9. The molecule has 13 heteroatoms. The first-order valence-electron chi connectivity index (χ1n) is 10.2. The Hall–Kier alpha value is -1.93. The number of aliphatic hydroxyl groups excluding tert-OH is 1. The first-order valence-corrected chi connectivity index (χ1v) is 10.9. The lowest BCUT2D eigenvalue weighted by atomic mass is 10.1. The number of nitrogens with one attached hydrogen (secondary N) is 3. The van der Waals surface area contributed by atoms with Gasteiger partial charge in [-0.1, -0.05) is 0 Å². The lowest BCUT2D eigenvalue weighted by Gasteiger charge is -2.24. The Morgan fingerprint density at radius 1 is 0.774 bits per heavy atom. The van der Waals surface area contributed by atoms with E-state index in [1.54, 1.807) is 0 Å². The fourth-order valence-electron chi connectivity index (χ4n) is 2.61. The molecule has 0 rings (SSSR count). The van der Waals surface area contributed by atoms with Crippen LogP contribution >= 0.6 is 12.6 Å². The highest BCUT2D eigenvalue weighted by Gasteiger charge is 2.29. The van der Waals surface area contributed by atoms with E-state index < -0.39 is 54.5 Å². The number of carbonyl (C=O) groups excluding carboxylic acids is 3. The minimum Gasteiger partial charge on any atom is -0.480 e. The van der Waals surface area contributed by atoms with Crippen LogP contribution in [0.25, 0.3) is 0 Å². The summed E-state index contributed by atoms with van der Waals surface area (Å²) < 4.78 is 0. The molecule has 180 valence electrons. The molecule has 0 aromatic rings. The molecule has 0 fully saturated rings. The molecule has 3 amide bonds. The van der Waals surface area contributed by atoms with Crippen molar-refractivity contribution in [3.8, 4) is 0 Å². The molecule has 0 bridgehead atoms. The number of amides is 3. The molecular weight excluding hydrogens is 428 g/mol. The van der Waals surface area contributed by atoms with Gasteiger partial charge in [0.25, 0.3) is 0 Å². The zero-order valence-electron chi connectivity index (χ0n) is 17.6. The van der Waals surface area contributed by atoms with Gasteiger partial charge in [-0.3, -0.25) is 14.4 Å². The lowest BCUT2D eigenvalue weighted by molar-refractivity contribution is -0.142. The molecule has 0 radical (unpaired) electrons. The molecular formula is C18H36N6O6S. The third-order valence-electron chi connectivity index (χ3n) is 4.49. The average molecular weight is 465 g/mol. The van der Waals surface area contributed by atoms with Crippen molar-refractivity contribution in [1.29, 1.82) is 0 Å². The number of thiol groups is 1. The van der Waals surface area contributed by atoms with Gasteiger partial charge in [-0.15, -0.1) is 0 Å². The third-order valence-corrected chi connectivity index (χ3v) is 4.88. The summed E-state index contributed by atoms with van der Waals surface area (Å²) in [6.45, 7) is 0.0735.